The average molecular weight is 490 g/mol. The number of allylic oxidation sites excluding steroid dienone is 1. The summed E-state index contributed by atoms with van der Waals surface area (Å²) >= 11 is 0. The molecule has 3 aromatic rings. The van der Waals surface area contributed by atoms with Gasteiger partial charge in [0.25, 0.3) is 0 Å². The summed E-state index contributed by atoms with van der Waals surface area (Å²) in [7, 11) is 6.38. The van der Waals surface area contributed by atoms with Crippen LogP contribution in [0.25, 0.3) is 6.08 Å². The number of methoxy groups -OCH3 is 4. The molecule has 8 nitrogen and oxygen atoms in total. The van der Waals surface area contributed by atoms with Crippen molar-refractivity contribution in [3.8, 4) is 34.5 Å². The lowest BCUT2D eigenvalue weighted by atomic mass is 10.0. The fourth-order valence-electron chi connectivity index (χ4n) is 4.44. The molecule has 186 valence electrons. The molecule has 8 heteroatoms. The predicted molar refractivity (Wildman–Crippen MR) is 133 cm³/mol. The van der Waals surface area contributed by atoms with E-state index in [1.807, 2.05) is 30.3 Å². The van der Waals surface area contributed by atoms with E-state index in [9.17, 15) is 4.79 Å². The first-order chi connectivity index (χ1) is 17.5. The van der Waals surface area contributed by atoms with Crippen molar-refractivity contribution >= 4 is 11.9 Å². The molecule has 0 amide bonds. The minimum atomic E-state index is -0.167. The van der Waals surface area contributed by atoms with E-state index in [1.165, 1.54) is 0 Å². The highest BCUT2D eigenvalue weighted by atomic mass is 16.5. The molecule has 0 atom stereocenters. The largest absolute Gasteiger partial charge is 0.493 e. The molecule has 0 unspecified atom stereocenters. The van der Waals surface area contributed by atoms with Gasteiger partial charge in [-0.15, -0.1) is 0 Å². The molecule has 2 heterocycles. The number of carbonyl (C=O) groups excluding carboxylic acids is 1. The van der Waals surface area contributed by atoms with Crippen molar-refractivity contribution in [3.05, 3.63) is 76.5 Å². The van der Waals surface area contributed by atoms with Gasteiger partial charge in [-0.05, 0) is 53.6 Å². The standard InChI is InChI=1S/C28H27NO7/c1-31-22-8-5-17(11-24(22)33-3)12-26-27(30)19-7-10-21-20(28(19)36-26)15-29(16-35-21)14-18-6-9-23(32-2)25(13-18)34-4/h5-13H,14-16H2,1-4H3. The van der Waals surface area contributed by atoms with Crippen molar-refractivity contribution in [3.63, 3.8) is 0 Å². The fraction of sp³-hybridized carbons (Fsp3) is 0.250. The van der Waals surface area contributed by atoms with Gasteiger partial charge in [-0.3, -0.25) is 9.69 Å². The van der Waals surface area contributed by atoms with E-state index in [-0.39, 0.29) is 11.5 Å². The van der Waals surface area contributed by atoms with E-state index < -0.39 is 0 Å². The number of ether oxygens (including phenoxy) is 6. The van der Waals surface area contributed by atoms with Crippen molar-refractivity contribution < 1.29 is 33.2 Å². The molecule has 5 rings (SSSR count). The molecule has 0 radical (unpaired) electrons. The molecule has 0 saturated carbocycles. The number of carbonyl (C=O) groups is 1. The number of Topliss-reactive ketones (excluding diaryl/α,β-unsaturated/α-hetero) is 1. The molecule has 0 N–H and O–H groups in total. The van der Waals surface area contributed by atoms with E-state index in [0.717, 1.165) is 22.4 Å². The molecule has 2 aliphatic rings. The number of hydrogen-bond donors (Lipinski definition) is 0. The number of ketones is 1. The lowest BCUT2D eigenvalue weighted by molar-refractivity contribution is 0.0872. The third kappa shape index (κ3) is 4.31. The summed E-state index contributed by atoms with van der Waals surface area (Å²) in [5.41, 5.74) is 3.20. The van der Waals surface area contributed by atoms with Crippen LogP contribution in [0.4, 0.5) is 0 Å². The smallest absolute Gasteiger partial charge is 0.231 e. The molecular formula is C28H27NO7. The molecule has 0 spiro atoms. The number of nitrogens with zero attached hydrogens (tertiary/aromatic N) is 1. The van der Waals surface area contributed by atoms with Gasteiger partial charge < -0.3 is 28.4 Å². The van der Waals surface area contributed by atoms with Gasteiger partial charge in [0.1, 0.15) is 18.2 Å². The van der Waals surface area contributed by atoms with Crippen molar-refractivity contribution in [1.82, 2.24) is 4.90 Å². The Morgan fingerprint density at radius 3 is 2.28 bits per heavy atom. The van der Waals surface area contributed by atoms with Gasteiger partial charge in [0.2, 0.25) is 5.78 Å². The third-order valence-corrected chi connectivity index (χ3v) is 6.24. The lowest BCUT2D eigenvalue weighted by Gasteiger charge is -2.29. The van der Waals surface area contributed by atoms with Crippen LogP contribution in [0.1, 0.15) is 27.0 Å². The molecule has 0 aromatic heterocycles. The van der Waals surface area contributed by atoms with Crippen LogP contribution in [0.3, 0.4) is 0 Å². The van der Waals surface area contributed by atoms with Gasteiger partial charge >= 0.3 is 0 Å². The second kappa shape index (κ2) is 9.83. The zero-order valence-corrected chi connectivity index (χ0v) is 20.6. The summed E-state index contributed by atoms with van der Waals surface area (Å²) in [4.78, 5) is 15.3. The maximum Gasteiger partial charge on any atom is 0.231 e. The predicted octanol–water partition coefficient (Wildman–Crippen LogP) is 4.69. The highest BCUT2D eigenvalue weighted by molar-refractivity contribution is 6.15. The highest BCUT2D eigenvalue weighted by Gasteiger charge is 2.33. The zero-order valence-electron chi connectivity index (χ0n) is 20.6. The van der Waals surface area contributed by atoms with Crippen molar-refractivity contribution in [2.24, 2.45) is 0 Å². The first-order valence-electron chi connectivity index (χ1n) is 11.4. The van der Waals surface area contributed by atoms with Gasteiger partial charge in [0.15, 0.2) is 28.8 Å². The first-order valence-corrected chi connectivity index (χ1v) is 11.4. The lowest BCUT2D eigenvalue weighted by Crippen LogP contribution is -2.31. The molecule has 3 aromatic carbocycles. The van der Waals surface area contributed by atoms with Crippen LogP contribution in [0.15, 0.2) is 54.3 Å². The van der Waals surface area contributed by atoms with Crippen molar-refractivity contribution in [1.29, 1.82) is 0 Å². The van der Waals surface area contributed by atoms with Gasteiger partial charge in [-0.25, -0.2) is 0 Å². The minimum absolute atomic E-state index is 0.167. The first kappa shape index (κ1) is 23.6. The monoisotopic (exact) mass is 489 g/mol. The summed E-state index contributed by atoms with van der Waals surface area (Å²) in [6.45, 7) is 1.62. The molecule has 0 bridgehead atoms. The second-order valence-electron chi connectivity index (χ2n) is 8.42. The van der Waals surface area contributed by atoms with Gasteiger partial charge in [0, 0.05) is 13.1 Å². The Labute approximate surface area is 209 Å². The van der Waals surface area contributed by atoms with Crippen LogP contribution in [0.2, 0.25) is 0 Å². The van der Waals surface area contributed by atoms with E-state index in [4.69, 9.17) is 28.4 Å². The second-order valence-corrected chi connectivity index (χ2v) is 8.42. The summed E-state index contributed by atoms with van der Waals surface area (Å²) in [5, 5.41) is 0. The van der Waals surface area contributed by atoms with E-state index in [0.29, 0.717) is 54.1 Å². The SMILES string of the molecule is COc1ccc(C=C2Oc3c(ccc4c3CN(Cc3ccc(OC)c(OC)c3)CO4)C2=O)cc1OC. The van der Waals surface area contributed by atoms with E-state index >= 15 is 0 Å². The molecule has 36 heavy (non-hydrogen) atoms. The third-order valence-electron chi connectivity index (χ3n) is 6.24. The van der Waals surface area contributed by atoms with E-state index in [1.54, 1.807) is 52.7 Å². The molecule has 0 aliphatic carbocycles. The molecule has 0 fully saturated rings. The van der Waals surface area contributed by atoms with Gasteiger partial charge in [-0.2, -0.15) is 0 Å². The average Bonchev–Trinajstić information content (AvgIpc) is 3.23. The Balaban J connectivity index is 1.39. The summed E-state index contributed by atoms with van der Waals surface area (Å²) < 4.78 is 33.6. The summed E-state index contributed by atoms with van der Waals surface area (Å²) in [6, 6.07) is 14.9. The number of rotatable bonds is 7. The number of fused-ring (bicyclic) bond motifs is 3. The minimum Gasteiger partial charge on any atom is -0.493 e. The van der Waals surface area contributed by atoms with Crippen LogP contribution in [0, 0.1) is 0 Å². The molecular weight excluding hydrogens is 462 g/mol. The van der Waals surface area contributed by atoms with Crippen LogP contribution < -0.4 is 28.4 Å². The Kier molecular flexibility index (Phi) is 6.43. The maximum atomic E-state index is 13.1. The molecule has 2 aliphatic heterocycles. The van der Waals surface area contributed by atoms with Crippen molar-refractivity contribution in [2.75, 3.05) is 35.2 Å². The highest BCUT2D eigenvalue weighted by Crippen LogP contribution is 2.42. The van der Waals surface area contributed by atoms with Crippen LogP contribution >= 0.6 is 0 Å². The Morgan fingerprint density at radius 1 is 0.861 bits per heavy atom. The van der Waals surface area contributed by atoms with Crippen LogP contribution in [-0.4, -0.2) is 45.9 Å². The van der Waals surface area contributed by atoms with Gasteiger partial charge in [-0.1, -0.05) is 12.1 Å². The Morgan fingerprint density at radius 2 is 1.56 bits per heavy atom. The fourth-order valence-corrected chi connectivity index (χ4v) is 4.44. The number of hydrogen-bond acceptors (Lipinski definition) is 8. The maximum absolute atomic E-state index is 13.1. The topological polar surface area (TPSA) is 75.7 Å². The normalized spacial score (nSPS) is 15.6. The Bertz CT molecular complexity index is 1350. The van der Waals surface area contributed by atoms with E-state index in [2.05, 4.69) is 4.90 Å². The Hall–Kier alpha value is -4.17. The number of benzene rings is 3. The summed E-state index contributed by atoms with van der Waals surface area (Å²) in [5.74, 6) is 3.89. The zero-order chi connectivity index (χ0) is 25.2. The van der Waals surface area contributed by atoms with Gasteiger partial charge in [0.05, 0.1) is 39.6 Å². The quantitative estimate of drug-likeness (QED) is 0.443. The molecule has 0 saturated heterocycles. The van der Waals surface area contributed by atoms with Crippen molar-refractivity contribution in [2.45, 2.75) is 13.1 Å². The van der Waals surface area contributed by atoms with Crippen LogP contribution in [-0.2, 0) is 13.1 Å². The summed E-state index contributed by atoms with van der Waals surface area (Å²) in [6.07, 6.45) is 1.71. The van der Waals surface area contributed by atoms with Crippen LogP contribution in [0.5, 0.6) is 34.5 Å².